The second kappa shape index (κ2) is 7.66. The Morgan fingerprint density at radius 3 is 2.52 bits per heavy atom. The highest BCUT2D eigenvalue weighted by Gasteiger charge is 2.41. The first-order chi connectivity index (χ1) is 9.47. The summed E-state index contributed by atoms with van der Waals surface area (Å²) < 4.78 is 39.1. The fraction of sp³-hybridized carbons (Fsp3) is 0.500. The average Bonchev–Trinajstić information content (AvgIpc) is 2.92. The quantitative estimate of drug-likeness (QED) is 0.893. The maximum Gasteiger partial charge on any atom is 0.408 e. The third-order valence-corrected chi connectivity index (χ3v) is 3.43. The number of hydrogen-bond acceptors (Lipinski definition) is 2. The van der Waals surface area contributed by atoms with Crippen LogP contribution in [0.3, 0.4) is 0 Å². The number of alkyl halides is 3. The Hall–Kier alpha value is -1.27. The lowest BCUT2D eigenvalue weighted by atomic mass is 10.0. The summed E-state index contributed by atoms with van der Waals surface area (Å²) in [6.07, 6.45) is -4.10. The Bertz CT molecular complexity index is 447. The van der Waals surface area contributed by atoms with Gasteiger partial charge in [-0.3, -0.25) is 4.79 Å². The number of hydrogen-bond donors (Lipinski definition) is 2. The smallest absolute Gasteiger partial charge is 0.344 e. The molecule has 1 fully saturated rings. The predicted molar refractivity (Wildman–Crippen MR) is 76.4 cm³/mol. The highest BCUT2D eigenvalue weighted by molar-refractivity contribution is 5.85. The maximum absolute atomic E-state index is 13.0. The Morgan fingerprint density at radius 1 is 1.33 bits per heavy atom. The lowest BCUT2D eigenvalue weighted by molar-refractivity contribution is -0.162. The molecule has 118 valence electrons. The van der Waals surface area contributed by atoms with Crippen LogP contribution < -0.4 is 10.6 Å². The molecule has 1 aliphatic rings. The van der Waals surface area contributed by atoms with Gasteiger partial charge >= 0.3 is 6.18 Å². The van der Waals surface area contributed by atoms with Gasteiger partial charge in [-0.15, -0.1) is 12.4 Å². The fourth-order valence-corrected chi connectivity index (χ4v) is 2.27. The molecule has 1 aromatic carbocycles. The van der Waals surface area contributed by atoms with Crippen molar-refractivity contribution in [1.82, 2.24) is 10.6 Å². The first kappa shape index (κ1) is 17.8. The van der Waals surface area contributed by atoms with Crippen molar-refractivity contribution < 1.29 is 18.0 Å². The maximum atomic E-state index is 13.0. The molecule has 3 nitrogen and oxygen atoms in total. The molecule has 2 rings (SSSR count). The second-order valence-electron chi connectivity index (χ2n) is 4.98. The van der Waals surface area contributed by atoms with Crippen LogP contribution in [0.2, 0.25) is 0 Å². The molecule has 1 saturated heterocycles. The largest absolute Gasteiger partial charge is 0.408 e. The normalized spacial score (nSPS) is 19.7. The summed E-state index contributed by atoms with van der Waals surface area (Å²) in [5.74, 6) is -0.885. The van der Waals surface area contributed by atoms with Crippen molar-refractivity contribution in [3.63, 3.8) is 0 Å². The van der Waals surface area contributed by atoms with Crippen LogP contribution in [0.4, 0.5) is 13.2 Å². The van der Waals surface area contributed by atoms with Crippen LogP contribution in [0.15, 0.2) is 30.3 Å². The highest BCUT2D eigenvalue weighted by atomic mass is 35.5. The third kappa shape index (κ3) is 5.21. The topological polar surface area (TPSA) is 41.1 Å². The summed E-state index contributed by atoms with van der Waals surface area (Å²) in [4.78, 5) is 11.8. The van der Waals surface area contributed by atoms with Crippen LogP contribution in [-0.4, -0.2) is 31.2 Å². The summed E-state index contributed by atoms with van der Waals surface area (Å²) in [6, 6.07) is 6.54. The van der Waals surface area contributed by atoms with Crippen molar-refractivity contribution in [2.24, 2.45) is 5.92 Å². The lowest BCUT2D eigenvalue weighted by Gasteiger charge is -2.23. The second-order valence-corrected chi connectivity index (χ2v) is 4.98. The van der Waals surface area contributed by atoms with Gasteiger partial charge in [-0.1, -0.05) is 30.3 Å². The molecule has 21 heavy (non-hydrogen) atoms. The Morgan fingerprint density at radius 2 is 2.00 bits per heavy atom. The first-order valence-corrected chi connectivity index (χ1v) is 6.58. The molecule has 0 aromatic heterocycles. The summed E-state index contributed by atoms with van der Waals surface area (Å²) in [7, 11) is 0. The van der Waals surface area contributed by atoms with E-state index in [2.05, 4.69) is 10.6 Å². The minimum atomic E-state index is -4.45. The highest BCUT2D eigenvalue weighted by Crippen LogP contribution is 2.24. The van der Waals surface area contributed by atoms with Gasteiger partial charge in [0.1, 0.15) is 6.04 Å². The first-order valence-electron chi connectivity index (χ1n) is 6.58. The lowest BCUT2D eigenvalue weighted by Crippen LogP contribution is -2.49. The zero-order valence-electron chi connectivity index (χ0n) is 11.3. The molecule has 2 atom stereocenters. The standard InChI is InChI=1S/C14H17F3N2O.ClH/c15-14(16,17)12(8-10-4-2-1-3-5-10)19-13(20)11-6-7-18-9-11;/h1-5,11-12,18H,6-9H2,(H,19,20);1H. The molecule has 1 amide bonds. The average molecular weight is 323 g/mol. The molecule has 0 saturated carbocycles. The van der Waals surface area contributed by atoms with E-state index < -0.39 is 18.1 Å². The van der Waals surface area contributed by atoms with Crippen LogP contribution >= 0.6 is 12.4 Å². The van der Waals surface area contributed by atoms with Gasteiger partial charge in [0, 0.05) is 13.0 Å². The molecule has 1 aromatic rings. The summed E-state index contributed by atoms with van der Waals surface area (Å²) in [6.45, 7) is 1.12. The predicted octanol–water partition coefficient (Wildman–Crippen LogP) is 2.31. The van der Waals surface area contributed by atoms with E-state index in [0.29, 0.717) is 25.1 Å². The van der Waals surface area contributed by atoms with Gasteiger partial charge in [0.15, 0.2) is 0 Å². The summed E-state index contributed by atoms with van der Waals surface area (Å²) in [5.41, 5.74) is 0.555. The molecule has 0 spiro atoms. The SMILES string of the molecule is Cl.O=C(NC(Cc1ccccc1)C(F)(F)F)C1CCNC1. The van der Waals surface area contributed by atoms with Crippen molar-refractivity contribution in [2.75, 3.05) is 13.1 Å². The third-order valence-electron chi connectivity index (χ3n) is 3.43. The van der Waals surface area contributed by atoms with Crippen LogP contribution in [0.25, 0.3) is 0 Å². The van der Waals surface area contributed by atoms with Gasteiger partial charge in [-0.05, 0) is 18.5 Å². The molecule has 0 aliphatic carbocycles. The van der Waals surface area contributed by atoms with Crippen LogP contribution in [-0.2, 0) is 11.2 Å². The van der Waals surface area contributed by atoms with Crippen molar-refractivity contribution in [3.05, 3.63) is 35.9 Å². The zero-order valence-corrected chi connectivity index (χ0v) is 12.1. The van der Waals surface area contributed by atoms with Gasteiger partial charge < -0.3 is 10.6 Å². The molecule has 7 heteroatoms. The molecular weight excluding hydrogens is 305 g/mol. The van der Waals surface area contributed by atoms with Crippen molar-refractivity contribution in [3.8, 4) is 0 Å². The molecule has 0 radical (unpaired) electrons. The van der Waals surface area contributed by atoms with E-state index in [1.165, 1.54) is 0 Å². The summed E-state index contributed by atoms with van der Waals surface area (Å²) >= 11 is 0. The van der Waals surface area contributed by atoms with E-state index in [0.717, 1.165) is 0 Å². The number of benzene rings is 1. The zero-order chi connectivity index (χ0) is 14.6. The Kier molecular flexibility index (Phi) is 6.48. The van der Waals surface area contributed by atoms with E-state index in [1.54, 1.807) is 30.3 Å². The van der Waals surface area contributed by atoms with Crippen LogP contribution in [0.1, 0.15) is 12.0 Å². The molecule has 1 heterocycles. The Labute approximate surface area is 127 Å². The molecule has 2 N–H and O–H groups in total. The molecule has 1 aliphatic heterocycles. The van der Waals surface area contributed by atoms with Crippen LogP contribution in [0, 0.1) is 5.92 Å². The van der Waals surface area contributed by atoms with E-state index in [9.17, 15) is 18.0 Å². The number of carbonyl (C=O) groups is 1. The van der Waals surface area contributed by atoms with E-state index in [1.807, 2.05) is 0 Å². The van der Waals surface area contributed by atoms with Gasteiger partial charge in [0.2, 0.25) is 5.91 Å². The number of amides is 1. The summed E-state index contributed by atoms with van der Waals surface area (Å²) in [5, 5.41) is 5.12. The van der Waals surface area contributed by atoms with E-state index >= 15 is 0 Å². The monoisotopic (exact) mass is 322 g/mol. The van der Waals surface area contributed by atoms with E-state index in [-0.39, 0.29) is 24.7 Å². The van der Waals surface area contributed by atoms with Gasteiger partial charge in [-0.25, -0.2) is 0 Å². The minimum absolute atomic E-state index is 0. The number of carbonyl (C=O) groups excluding carboxylic acids is 1. The molecule has 0 bridgehead atoms. The van der Waals surface area contributed by atoms with Crippen molar-refractivity contribution in [1.29, 1.82) is 0 Å². The molecular formula is C14H18ClF3N2O. The van der Waals surface area contributed by atoms with E-state index in [4.69, 9.17) is 0 Å². The Balaban J connectivity index is 0.00000220. The number of nitrogens with one attached hydrogen (secondary N) is 2. The van der Waals surface area contributed by atoms with Crippen LogP contribution in [0.5, 0.6) is 0 Å². The number of rotatable bonds is 4. The minimum Gasteiger partial charge on any atom is -0.344 e. The van der Waals surface area contributed by atoms with Crippen molar-refractivity contribution >= 4 is 18.3 Å². The van der Waals surface area contributed by atoms with Gasteiger partial charge in [-0.2, -0.15) is 13.2 Å². The molecule has 2 unspecified atom stereocenters. The van der Waals surface area contributed by atoms with Gasteiger partial charge in [0.05, 0.1) is 5.92 Å². The van der Waals surface area contributed by atoms with Crippen molar-refractivity contribution in [2.45, 2.75) is 25.1 Å². The fourth-order valence-electron chi connectivity index (χ4n) is 2.27. The van der Waals surface area contributed by atoms with Gasteiger partial charge in [0.25, 0.3) is 0 Å². The number of halogens is 4.